The van der Waals surface area contributed by atoms with E-state index in [1.54, 1.807) is 32.4 Å². The van der Waals surface area contributed by atoms with Crippen LogP contribution in [0.25, 0.3) is 0 Å². The molecule has 2 aromatic rings. The summed E-state index contributed by atoms with van der Waals surface area (Å²) in [7, 11) is 3.28. The van der Waals surface area contributed by atoms with Crippen LogP contribution in [-0.4, -0.2) is 43.5 Å². The van der Waals surface area contributed by atoms with Crippen LogP contribution in [0.4, 0.5) is 10.5 Å². The standard InChI is InChI=1S/C23H32N4O4.HI/c1-23(2,3)31-22(29)27-18-8-6-16(7-9-18)12-13-25-21(24-4)26-15-17-14-19(30-5)10-11-20(17)28;/h6-11,14,28H,12-13,15H2,1-5H3,(H,27,29)(H2,24,25,26);1H. The molecule has 0 unspecified atom stereocenters. The first-order chi connectivity index (χ1) is 14.7. The van der Waals surface area contributed by atoms with Crippen LogP contribution in [0.1, 0.15) is 31.9 Å². The summed E-state index contributed by atoms with van der Waals surface area (Å²) in [6.07, 6.45) is 0.302. The highest BCUT2D eigenvalue weighted by Gasteiger charge is 2.16. The lowest BCUT2D eigenvalue weighted by molar-refractivity contribution is 0.0636. The molecule has 0 saturated heterocycles. The van der Waals surface area contributed by atoms with Gasteiger partial charge in [0.05, 0.1) is 7.11 Å². The van der Waals surface area contributed by atoms with E-state index in [1.807, 2.05) is 45.0 Å². The van der Waals surface area contributed by atoms with Crippen molar-refractivity contribution < 1.29 is 19.4 Å². The lowest BCUT2D eigenvalue weighted by Crippen LogP contribution is -2.37. The SMILES string of the molecule is CN=C(NCCc1ccc(NC(=O)OC(C)(C)C)cc1)NCc1cc(OC)ccc1O.I. The maximum absolute atomic E-state index is 11.8. The average Bonchev–Trinajstić information content (AvgIpc) is 2.71. The number of nitrogens with one attached hydrogen (secondary N) is 3. The number of nitrogens with zero attached hydrogens (tertiary/aromatic N) is 1. The Kier molecular flexibility index (Phi) is 11.1. The molecule has 0 spiro atoms. The van der Waals surface area contributed by atoms with Gasteiger partial charge in [-0.3, -0.25) is 10.3 Å². The number of ether oxygens (including phenoxy) is 2. The summed E-state index contributed by atoms with van der Waals surface area (Å²) < 4.78 is 10.4. The number of anilines is 1. The Morgan fingerprint density at radius 3 is 2.38 bits per heavy atom. The summed E-state index contributed by atoms with van der Waals surface area (Å²) in [5, 5.41) is 19.1. The number of carbonyl (C=O) groups excluding carboxylic acids is 1. The minimum Gasteiger partial charge on any atom is -0.508 e. The summed E-state index contributed by atoms with van der Waals surface area (Å²) in [6, 6.07) is 12.7. The zero-order valence-corrected chi connectivity index (χ0v) is 21.5. The molecule has 0 saturated carbocycles. The number of rotatable bonds is 7. The molecule has 0 aliphatic carbocycles. The van der Waals surface area contributed by atoms with Crippen molar-refractivity contribution in [1.82, 2.24) is 10.6 Å². The van der Waals surface area contributed by atoms with E-state index >= 15 is 0 Å². The molecule has 1 amide bonds. The topological polar surface area (TPSA) is 104 Å². The molecular formula is C23H33IN4O4. The van der Waals surface area contributed by atoms with Crippen molar-refractivity contribution in [3.63, 3.8) is 0 Å². The molecule has 0 heterocycles. The highest BCUT2D eigenvalue weighted by atomic mass is 127. The van der Waals surface area contributed by atoms with E-state index in [2.05, 4.69) is 20.9 Å². The second-order valence-electron chi connectivity index (χ2n) is 7.92. The Morgan fingerprint density at radius 1 is 1.09 bits per heavy atom. The number of methoxy groups -OCH3 is 1. The number of carbonyl (C=O) groups is 1. The Labute approximate surface area is 206 Å². The van der Waals surface area contributed by atoms with Gasteiger partial charge in [-0.1, -0.05) is 12.1 Å². The van der Waals surface area contributed by atoms with Gasteiger partial charge in [0.25, 0.3) is 0 Å². The van der Waals surface area contributed by atoms with Gasteiger partial charge in [-0.2, -0.15) is 0 Å². The van der Waals surface area contributed by atoms with Crippen molar-refractivity contribution in [3.8, 4) is 11.5 Å². The lowest BCUT2D eigenvalue weighted by Gasteiger charge is -2.19. The van der Waals surface area contributed by atoms with Gasteiger partial charge in [0.2, 0.25) is 0 Å². The molecule has 0 bridgehead atoms. The van der Waals surface area contributed by atoms with Gasteiger partial charge in [0.15, 0.2) is 5.96 Å². The van der Waals surface area contributed by atoms with Crippen LogP contribution in [-0.2, 0) is 17.7 Å². The first-order valence-corrected chi connectivity index (χ1v) is 10.1. The fourth-order valence-electron chi connectivity index (χ4n) is 2.73. The van der Waals surface area contributed by atoms with Crippen LogP contribution < -0.4 is 20.7 Å². The van der Waals surface area contributed by atoms with Crippen LogP contribution in [0.15, 0.2) is 47.5 Å². The third-order valence-corrected chi connectivity index (χ3v) is 4.26. The minimum atomic E-state index is -0.534. The van der Waals surface area contributed by atoms with Gasteiger partial charge in [-0.15, -0.1) is 24.0 Å². The van der Waals surface area contributed by atoms with E-state index < -0.39 is 11.7 Å². The number of guanidine groups is 1. The fraction of sp³-hybridized carbons (Fsp3) is 0.391. The molecule has 8 nitrogen and oxygen atoms in total. The molecule has 0 aromatic heterocycles. The zero-order chi connectivity index (χ0) is 22.9. The van der Waals surface area contributed by atoms with E-state index in [0.29, 0.717) is 30.5 Å². The molecule has 176 valence electrons. The number of hydrogen-bond donors (Lipinski definition) is 4. The molecular weight excluding hydrogens is 523 g/mol. The first-order valence-electron chi connectivity index (χ1n) is 10.1. The zero-order valence-electron chi connectivity index (χ0n) is 19.2. The summed E-state index contributed by atoms with van der Waals surface area (Å²) in [5.41, 5.74) is 1.98. The van der Waals surface area contributed by atoms with Crippen LogP contribution in [0.5, 0.6) is 11.5 Å². The number of aliphatic imine (C=N–C) groups is 1. The summed E-state index contributed by atoms with van der Waals surface area (Å²) in [4.78, 5) is 16.0. The quantitative estimate of drug-likeness (QED) is 0.231. The van der Waals surface area contributed by atoms with Crippen molar-refractivity contribution in [2.24, 2.45) is 4.99 Å². The number of phenolic OH excluding ortho intramolecular Hbond substituents is 1. The maximum atomic E-state index is 11.8. The number of amides is 1. The number of halogens is 1. The van der Waals surface area contributed by atoms with Crippen LogP contribution in [0.2, 0.25) is 0 Å². The Hall–Kier alpha value is -2.69. The molecule has 9 heteroatoms. The van der Waals surface area contributed by atoms with Gasteiger partial charge in [0.1, 0.15) is 17.1 Å². The van der Waals surface area contributed by atoms with Crippen molar-refractivity contribution in [3.05, 3.63) is 53.6 Å². The third kappa shape index (κ3) is 9.63. The monoisotopic (exact) mass is 556 g/mol. The normalized spacial score (nSPS) is 11.2. The van der Waals surface area contributed by atoms with E-state index in [-0.39, 0.29) is 29.7 Å². The molecule has 0 radical (unpaired) electrons. The molecule has 4 N–H and O–H groups in total. The smallest absolute Gasteiger partial charge is 0.412 e. The number of hydrogen-bond acceptors (Lipinski definition) is 5. The Morgan fingerprint density at radius 2 is 1.78 bits per heavy atom. The predicted molar refractivity (Wildman–Crippen MR) is 138 cm³/mol. The molecule has 0 aliphatic rings. The lowest BCUT2D eigenvalue weighted by atomic mass is 10.1. The van der Waals surface area contributed by atoms with Gasteiger partial charge >= 0.3 is 6.09 Å². The molecule has 2 aromatic carbocycles. The Bertz CT molecular complexity index is 896. The second-order valence-corrected chi connectivity index (χ2v) is 7.92. The third-order valence-electron chi connectivity index (χ3n) is 4.26. The average molecular weight is 556 g/mol. The van der Waals surface area contributed by atoms with Crippen molar-refractivity contribution in [2.75, 3.05) is 26.0 Å². The van der Waals surface area contributed by atoms with Crippen molar-refractivity contribution in [2.45, 2.75) is 39.3 Å². The van der Waals surface area contributed by atoms with Crippen molar-refractivity contribution >= 4 is 41.7 Å². The number of aromatic hydroxyl groups is 1. The summed E-state index contributed by atoms with van der Waals surface area (Å²) in [5.74, 6) is 1.51. The molecule has 0 fully saturated rings. The van der Waals surface area contributed by atoms with Crippen molar-refractivity contribution in [1.29, 1.82) is 0 Å². The van der Waals surface area contributed by atoms with E-state index in [0.717, 1.165) is 17.5 Å². The predicted octanol–water partition coefficient (Wildman–Crippen LogP) is 4.27. The van der Waals surface area contributed by atoms with E-state index in [1.165, 1.54) is 0 Å². The van der Waals surface area contributed by atoms with E-state index in [9.17, 15) is 9.90 Å². The first kappa shape index (κ1) is 27.3. The fourth-order valence-corrected chi connectivity index (χ4v) is 2.73. The van der Waals surface area contributed by atoms with Crippen LogP contribution in [0.3, 0.4) is 0 Å². The summed E-state index contributed by atoms with van der Waals surface area (Å²) >= 11 is 0. The van der Waals surface area contributed by atoms with Gasteiger partial charge in [-0.05, 0) is 63.1 Å². The second kappa shape index (κ2) is 13.0. The minimum absolute atomic E-state index is 0. The maximum Gasteiger partial charge on any atom is 0.412 e. The van der Waals surface area contributed by atoms with Gasteiger partial charge in [0, 0.05) is 31.4 Å². The summed E-state index contributed by atoms with van der Waals surface area (Å²) in [6.45, 7) is 6.55. The van der Waals surface area contributed by atoms with Crippen LogP contribution >= 0.6 is 24.0 Å². The van der Waals surface area contributed by atoms with Gasteiger partial charge < -0.3 is 25.2 Å². The Balaban J connectivity index is 0.00000512. The molecule has 0 aliphatic heterocycles. The number of benzene rings is 2. The van der Waals surface area contributed by atoms with Gasteiger partial charge in [-0.25, -0.2) is 4.79 Å². The largest absolute Gasteiger partial charge is 0.508 e. The highest BCUT2D eigenvalue weighted by Crippen LogP contribution is 2.22. The molecule has 0 atom stereocenters. The molecule has 32 heavy (non-hydrogen) atoms. The molecule has 2 rings (SSSR count). The highest BCUT2D eigenvalue weighted by molar-refractivity contribution is 14.0. The number of phenols is 1. The van der Waals surface area contributed by atoms with Crippen LogP contribution in [0, 0.1) is 0 Å². The van der Waals surface area contributed by atoms with E-state index in [4.69, 9.17) is 9.47 Å².